The molecule has 0 saturated heterocycles. The summed E-state index contributed by atoms with van der Waals surface area (Å²) >= 11 is 20.7. The lowest BCUT2D eigenvalue weighted by Gasteiger charge is -2.11. The molecular weight excluding hydrogens is 367 g/mol. The molecule has 1 heterocycles. The molecule has 0 atom stereocenters. The third kappa shape index (κ3) is 3.19. The van der Waals surface area contributed by atoms with Crippen LogP contribution in [0.3, 0.4) is 0 Å². The second-order valence-corrected chi connectivity index (χ2v) is 6.40. The van der Waals surface area contributed by atoms with E-state index in [2.05, 4.69) is 39.7 Å². The zero-order chi connectivity index (χ0) is 14.2. The Hall–Kier alpha value is -0.420. The van der Waals surface area contributed by atoms with E-state index < -0.39 is 0 Å². The molecule has 2 aromatic rings. The van der Waals surface area contributed by atoms with Gasteiger partial charge in [0, 0.05) is 11.3 Å². The number of halogens is 3. The minimum atomic E-state index is 0.306. The Balaban J connectivity index is 2.63. The maximum atomic E-state index is 6.03. The standard InChI is InChI=1S/C13H11BrCl2N2S/c1-6(2)11-10(14)13(19)18-12(17-11)7-3-4-8(15)9(16)5-7/h3-6H,1-2H3,(H,17,18,19). The zero-order valence-electron chi connectivity index (χ0n) is 10.3. The first-order chi connectivity index (χ1) is 8.90. The Morgan fingerprint density at radius 2 is 1.95 bits per heavy atom. The molecule has 100 valence electrons. The van der Waals surface area contributed by atoms with Gasteiger partial charge in [0.15, 0.2) is 0 Å². The van der Waals surface area contributed by atoms with Crippen LogP contribution in [-0.2, 0) is 0 Å². The van der Waals surface area contributed by atoms with Gasteiger partial charge in [-0.2, -0.15) is 0 Å². The van der Waals surface area contributed by atoms with E-state index in [-0.39, 0.29) is 0 Å². The molecule has 6 heteroatoms. The van der Waals surface area contributed by atoms with Crippen molar-refractivity contribution in [2.75, 3.05) is 0 Å². The molecule has 0 amide bonds. The van der Waals surface area contributed by atoms with Crippen LogP contribution in [0, 0.1) is 4.64 Å². The largest absolute Gasteiger partial charge is 0.342 e. The van der Waals surface area contributed by atoms with Gasteiger partial charge in [-0.05, 0) is 40.0 Å². The third-order valence-electron chi connectivity index (χ3n) is 2.66. The summed E-state index contributed by atoms with van der Waals surface area (Å²) in [5.41, 5.74) is 1.87. The topological polar surface area (TPSA) is 28.7 Å². The van der Waals surface area contributed by atoms with Crippen LogP contribution in [0.2, 0.25) is 10.0 Å². The van der Waals surface area contributed by atoms with Gasteiger partial charge in [0.25, 0.3) is 0 Å². The van der Waals surface area contributed by atoms with Gasteiger partial charge in [-0.15, -0.1) is 0 Å². The van der Waals surface area contributed by atoms with Crippen molar-refractivity contribution in [3.05, 3.63) is 43.1 Å². The van der Waals surface area contributed by atoms with Crippen LogP contribution in [0.25, 0.3) is 11.4 Å². The van der Waals surface area contributed by atoms with Crippen LogP contribution in [-0.4, -0.2) is 9.97 Å². The summed E-state index contributed by atoms with van der Waals surface area (Å²) in [6.07, 6.45) is 0. The average molecular weight is 378 g/mol. The van der Waals surface area contributed by atoms with E-state index in [1.165, 1.54) is 0 Å². The van der Waals surface area contributed by atoms with Gasteiger partial charge in [-0.1, -0.05) is 49.3 Å². The van der Waals surface area contributed by atoms with Crippen LogP contribution in [0.4, 0.5) is 0 Å². The van der Waals surface area contributed by atoms with Crippen LogP contribution in [0.5, 0.6) is 0 Å². The highest BCUT2D eigenvalue weighted by atomic mass is 79.9. The van der Waals surface area contributed by atoms with Crippen molar-refractivity contribution in [3.63, 3.8) is 0 Å². The first-order valence-electron chi connectivity index (χ1n) is 5.65. The predicted molar refractivity (Wildman–Crippen MR) is 86.7 cm³/mol. The molecule has 19 heavy (non-hydrogen) atoms. The van der Waals surface area contributed by atoms with Crippen molar-refractivity contribution in [3.8, 4) is 11.4 Å². The lowest BCUT2D eigenvalue weighted by atomic mass is 10.1. The second kappa shape index (κ2) is 5.92. The fourth-order valence-electron chi connectivity index (χ4n) is 1.65. The molecule has 2 rings (SSSR count). The van der Waals surface area contributed by atoms with Gasteiger partial charge in [0.1, 0.15) is 10.5 Å². The Morgan fingerprint density at radius 3 is 2.53 bits per heavy atom. The number of hydrogen-bond donors (Lipinski definition) is 1. The summed E-state index contributed by atoms with van der Waals surface area (Å²) in [5, 5.41) is 1.01. The average Bonchev–Trinajstić information content (AvgIpc) is 2.35. The van der Waals surface area contributed by atoms with E-state index in [0.29, 0.717) is 26.4 Å². The molecule has 0 fully saturated rings. The lowest BCUT2D eigenvalue weighted by Crippen LogP contribution is -2.00. The second-order valence-electron chi connectivity index (χ2n) is 4.40. The molecule has 0 aliphatic carbocycles. The highest BCUT2D eigenvalue weighted by Crippen LogP contribution is 2.29. The van der Waals surface area contributed by atoms with Crippen molar-refractivity contribution in [1.82, 2.24) is 9.97 Å². The predicted octanol–water partition coefficient (Wildman–Crippen LogP) is 6.00. The van der Waals surface area contributed by atoms with E-state index in [0.717, 1.165) is 15.7 Å². The van der Waals surface area contributed by atoms with Crippen LogP contribution < -0.4 is 0 Å². The number of aromatic nitrogens is 2. The minimum Gasteiger partial charge on any atom is -0.342 e. The number of nitrogens with one attached hydrogen (secondary N) is 1. The maximum absolute atomic E-state index is 6.03. The van der Waals surface area contributed by atoms with Crippen LogP contribution in [0.15, 0.2) is 22.7 Å². The zero-order valence-corrected chi connectivity index (χ0v) is 14.2. The SMILES string of the molecule is CC(C)c1[nH]c(-c2ccc(Cl)c(Cl)c2)nc(=S)c1Br. The summed E-state index contributed by atoms with van der Waals surface area (Å²) in [4.78, 5) is 7.66. The first-order valence-corrected chi connectivity index (χ1v) is 7.61. The molecule has 1 aromatic heterocycles. The summed E-state index contributed by atoms with van der Waals surface area (Å²) in [6, 6.07) is 5.38. The number of hydrogen-bond acceptors (Lipinski definition) is 2. The Morgan fingerprint density at radius 1 is 1.26 bits per heavy atom. The Labute approximate surface area is 135 Å². The quantitative estimate of drug-likeness (QED) is 0.650. The van der Waals surface area contributed by atoms with E-state index in [1.54, 1.807) is 12.1 Å². The summed E-state index contributed by atoms with van der Waals surface area (Å²) in [7, 11) is 0. The molecule has 0 aliphatic heterocycles. The fraction of sp³-hybridized carbons (Fsp3) is 0.231. The molecule has 0 saturated carbocycles. The van der Waals surface area contributed by atoms with Crippen molar-refractivity contribution in [2.45, 2.75) is 19.8 Å². The molecule has 1 aromatic carbocycles. The highest BCUT2D eigenvalue weighted by Gasteiger charge is 2.11. The Kier molecular flexibility index (Phi) is 4.66. The van der Waals surface area contributed by atoms with Gasteiger partial charge in [0.2, 0.25) is 0 Å². The summed E-state index contributed by atoms with van der Waals surface area (Å²) in [5.74, 6) is 0.996. The monoisotopic (exact) mass is 376 g/mol. The summed E-state index contributed by atoms with van der Waals surface area (Å²) in [6.45, 7) is 4.17. The van der Waals surface area contributed by atoms with E-state index in [9.17, 15) is 0 Å². The molecule has 0 bridgehead atoms. The fourth-order valence-corrected chi connectivity index (χ4v) is 2.80. The molecule has 0 spiro atoms. The van der Waals surface area contributed by atoms with Gasteiger partial charge < -0.3 is 4.98 Å². The third-order valence-corrected chi connectivity index (χ3v) is 4.76. The molecule has 0 aliphatic rings. The number of benzene rings is 1. The van der Waals surface area contributed by atoms with Crippen molar-refractivity contribution in [1.29, 1.82) is 0 Å². The number of H-pyrrole nitrogens is 1. The molecule has 2 nitrogen and oxygen atoms in total. The van der Waals surface area contributed by atoms with Crippen molar-refractivity contribution >= 4 is 51.3 Å². The normalized spacial score (nSPS) is 11.1. The van der Waals surface area contributed by atoms with E-state index in [4.69, 9.17) is 35.4 Å². The van der Waals surface area contributed by atoms with Crippen molar-refractivity contribution in [2.24, 2.45) is 0 Å². The summed E-state index contributed by atoms with van der Waals surface area (Å²) < 4.78 is 1.37. The molecule has 0 unspecified atom stereocenters. The van der Waals surface area contributed by atoms with Crippen LogP contribution >= 0.6 is 51.3 Å². The minimum absolute atomic E-state index is 0.306. The Bertz CT molecular complexity index is 683. The smallest absolute Gasteiger partial charge is 0.144 e. The highest BCUT2D eigenvalue weighted by molar-refractivity contribution is 9.10. The van der Waals surface area contributed by atoms with E-state index in [1.807, 2.05) is 6.07 Å². The molecular formula is C13H11BrCl2N2S. The molecule has 1 N–H and O–H groups in total. The van der Waals surface area contributed by atoms with Crippen molar-refractivity contribution < 1.29 is 0 Å². The first kappa shape index (κ1) is 15.0. The van der Waals surface area contributed by atoms with Gasteiger partial charge >= 0.3 is 0 Å². The van der Waals surface area contributed by atoms with Gasteiger partial charge in [-0.25, -0.2) is 4.98 Å². The number of aromatic amines is 1. The lowest BCUT2D eigenvalue weighted by molar-refractivity contribution is 0.807. The van der Waals surface area contributed by atoms with E-state index >= 15 is 0 Å². The van der Waals surface area contributed by atoms with Gasteiger partial charge in [0.05, 0.1) is 14.5 Å². The maximum Gasteiger partial charge on any atom is 0.144 e. The number of nitrogens with zero attached hydrogens (tertiary/aromatic N) is 1. The number of rotatable bonds is 2. The van der Waals surface area contributed by atoms with Crippen LogP contribution in [0.1, 0.15) is 25.5 Å². The van der Waals surface area contributed by atoms with Gasteiger partial charge in [-0.3, -0.25) is 0 Å². The molecule has 0 radical (unpaired) electrons.